The van der Waals surface area contributed by atoms with Crippen molar-refractivity contribution >= 4 is 10.8 Å². The highest BCUT2D eigenvalue weighted by molar-refractivity contribution is 7.89. The van der Waals surface area contributed by atoms with Crippen LogP contribution in [0.2, 0.25) is 0 Å². The zero-order chi connectivity index (χ0) is 12.5. The van der Waals surface area contributed by atoms with Gasteiger partial charge in [0.05, 0.1) is 10.8 Å². The molecule has 0 saturated carbocycles. The van der Waals surface area contributed by atoms with Crippen molar-refractivity contribution in [2.24, 2.45) is 0 Å². The van der Waals surface area contributed by atoms with Crippen molar-refractivity contribution in [1.82, 2.24) is 0 Å². The molecule has 0 aliphatic carbocycles. The largest absolute Gasteiger partial charge is 0.461 e. The Bertz CT molecular complexity index is 469. The number of benzene rings is 1. The van der Waals surface area contributed by atoms with E-state index in [1.165, 1.54) is 5.56 Å². The van der Waals surface area contributed by atoms with Crippen molar-refractivity contribution in [2.45, 2.75) is 38.4 Å². The second-order valence-corrected chi connectivity index (χ2v) is 7.26. The number of para-hydroxylation sites is 1. The van der Waals surface area contributed by atoms with Gasteiger partial charge in [-0.2, -0.15) is 0 Å². The third kappa shape index (κ3) is 2.97. The lowest BCUT2D eigenvalue weighted by Gasteiger charge is -2.21. The summed E-state index contributed by atoms with van der Waals surface area (Å²) in [4.78, 5) is 0. The van der Waals surface area contributed by atoms with Gasteiger partial charge in [-0.3, -0.25) is 4.21 Å². The molecular weight excluding hydrogens is 232 g/mol. The average Bonchev–Trinajstić information content (AvgIpc) is 2.27. The van der Waals surface area contributed by atoms with Gasteiger partial charge in [0.25, 0.3) is 0 Å². The summed E-state index contributed by atoms with van der Waals surface area (Å²) in [6.45, 7) is 5.91. The topological polar surface area (TPSA) is 26.3 Å². The maximum absolute atomic E-state index is 12.0. The monoisotopic (exact) mass is 250 g/mol. The Labute approximate surface area is 105 Å². The highest BCUT2D eigenvalue weighted by atomic mass is 32.2. The van der Waals surface area contributed by atoms with Gasteiger partial charge in [0.1, 0.15) is 11.5 Å². The Kier molecular flexibility index (Phi) is 3.38. The van der Waals surface area contributed by atoms with E-state index in [2.05, 4.69) is 6.07 Å². The fourth-order valence-corrected chi connectivity index (χ4v) is 2.40. The van der Waals surface area contributed by atoms with Crippen LogP contribution in [-0.2, 0) is 17.2 Å². The zero-order valence-electron chi connectivity index (χ0n) is 10.5. The number of ether oxygens (including phenoxy) is 1. The van der Waals surface area contributed by atoms with Gasteiger partial charge in [-0.05, 0) is 38.8 Å². The molecule has 0 N–H and O–H groups in total. The van der Waals surface area contributed by atoms with Crippen molar-refractivity contribution < 1.29 is 8.95 Å². The van der Waals surface area contributed by atoms with Crippen LogP contribution < -0.4 is 4.74 Å². The van der Waals surface area contributed by atoms with Gasteiger partial charge in [-0.15, -0.1) is 0 Å². The first-order chi connectivity index (χ1) is 7.97. The molecule has 0 aromatic heterocycles. The number of aryl methyl sites for hydroxylation is 1. The third-order valence-electron chi connectivity index (χ3n) is 2.70. The minimum atomic E-state index is -0.999. The molecule has 1 unspecified atom stereocenters. The number of allylic oxidation sites excluding steroid dienone is 1. The van der Waals surface area contributed by atoms with Crippen LogP contribution in [0.4, 0.5) is 0 Å². The summed E-state index contributed by atoms with van der Waals surface area (Å²) in [5.41, 5.74) is 1.23. The van der Waals surface area contributed by atoms with Gasteiger partial charge in [-0.1, -0.05) is 18.2 Å². The van der Waals surface area contributed by atoms with E-state index in [1.807, 2.05) is 39.0 Å². The molecule has 0 bridgehead atoms. The van der Waals surface area contributed by atoms with Gasteiger partial charge in [0.15, 0.2) is 0 Å². The highest BCUT2D eigenvalue weighted by Gasteiger charge is 2.20. The van der Waals surface area contributed by atoms with Crippen LogP contribution in [0.1, 0.15) is 32.8 Å². The number of hydrogen-bond acceptors (Lipinski definition) is 2. The fraction of sp³-hybridized carbons (Fsp3) is 0.429. The van der Waals surface area contributed by atoms with Gasteiger partial charge in [-0.25, -0.2) is 0 Å². The molecule has 0 fully saturated rings. The first kappa shape index (κ1) is 12.4. The molecule has 2 nitrogen and oxygen atoms in total. The van der Waals surface area contributed by atoms with Gasteiger partial charge in [0, 0.05) is 16.6 Å². The second kappa shape index (κ2) is 4.65. The molecule has 1 aliphatic rings. The fourth-order valence-electron chi connectivity index (χ4n) is 1.64. The summed E-state index contributed by atoms with van der Waals surface area (Å²) in [6, 6.07) is 8.02. The lowest BCUT2D eigenvalue weighted by molar-refractivity contribution is 0.379. The number of fused-ring (bicyclic) bond motifs is 1. The maximum Gasteiger partial charge on any atom is 0.130 e. The molecule has 1 aromatic rings. The summed E-state index contributed by atoms with van der Waals surface area (Å²) in [5.74, 6) is 1.73. The molecule has 1 aliphatic heterocycles. The standard InChI is InChI=1S/C14H18O2S/c1-14(2,3)17(15)10-12-9-8-11-6-4-5-7-13(11)16-12/h4-7,10H,8-9H2,1-3H3/b12-10+. The Balaban J connectivity index is 2.18. The minimum absolute atomic E-state index is 0.229. The van der Waals surface area contributed by atoms with Crippen molar-refractivity contribution in [1.29, 1.82) is 0 Å². The molecule has 0 radical (unpaired) electrons. The van der Waals surface area contributed by atoms with Crippen LogP contribution in [0.25, 0.3) is 0 Å². The van der Waals surface area contributed by atoms with Crippen LogP contribution in [0.15, 0.2) is 35.4 Å². The van der Waals surface area contributed by atoms with Crippen molar-refractivity contribution in [3.05, 3.63) is 41.0 Å². The van der Waals surface area contributed by atoms with E-state index in [4.69, 9.17) is 4.74 Å². The molecule has 1 heterocycles. The molecule has 17 heavy (non-hydrogen) atoms. The molecule has 1 atom stereocenters. The Morgan fingerprint density at radius 2 is 1.94 bits per heavy atom. The van der Waals surface area contributed by atoms with Crippen LogP contribution >= 0.6 is 0 Å². The SMILES string of the molecule is CC(C)(C)S(=O)/C=C1\CCc2ccccc2O1. The van der Waals surface area contributed by atoms with E-state index >= 15 is 0 Å². The van der Waals surface area contributed by atoms with E-state index in [0.29, 0.717) is 0 Å². The Hall–Kier alpha value is -1.09. The average molecular weight is 250 g/mol. The van der Waals surface area contributed by atoms with Crippen LogP contribution in [-0.4, -0.2) is 8.96 Å². The predicted octanol–water partition coefficient (Wildman–Crippen LogP) is 3.40. The molecule has 0 spiro atoms. The normalized spacial score (nSPS) is 19.6. The van der Waals surface area contributed by atoms with Crippen LogP contribution in [0.3, 0.4) is 0 Å². The molecule has 3 heteroatoms. The lowest BCUT2D eigenvalue weighted by Crippen LogP contribution is -2.21. The van der Waals surface area contributed by atoms with Crippen LogP contribution in [0, 0.1) is 0 Å². The Morgan fingerprint density at radius 3 is 2.65 bits per heavy atom. The van der Waals surface area contributed by atoms with Gasteiger partial charge >= 0.3 is 0 Å². The molecule has 0 amide bonds. The summed E-state index contributed by atoms with van der Waals surface area (Å²) in [5, 5.41) is 1.76. The quantitative estimate of drug-likeness (QED) is 0.763. The zero-order valence-corrected chi connectivity index (χ0v) is 11.3. The first-order valence-electron chi connectivity index (χ1n) is 5.84. The molecule has 0 saturated heterocycles. The van der Waals surface area contributed by atoms with Crippen LogP contribution in [0.5, 0.6) is 5.75 Å². The smallest absolute Gasteiger partial charge is 0.130 e. The summed E-state index contributed by atoms with van der Waals surface area (Å²) >= 11 is 0. The van der Waals surface area contributed by atoms with E-state index < -0.39 is 10.8 Å². The third-order valence-corrected chi connectivity index (χ3v) is 4.38. The van der Waals surface area contributed by atoms with Gasteiger partial charge < -0.3 is 4.74 Å². The van der Waals surface area contributed by atoms with Crippen molar-refractivity contribution in [2.75, 3.05) is 0 Å². The molecule has 1 aromatic carbocycles. The molecular formula is C14H18O2S. The lowest BCUT2D eigenvalue weighted by atomic mass is 10.1. The minimum Gasteiger partial charge on any atom is -0.461 e. The molecule has 2 rings (SSSR count). The van der Waals surface area contributed by atoms with E-state index in [9.17, 15) is 4.21 Å². The van der Waals surface area contributed by atoms with E-state index in [1.54, 1.807) is 5.41 Å². The number of rotatable bonds is 1. The van der Waals surface area contributed by atoms with Crippen molar-refractivity contribution in [3.8, 4) is 5.75 Å². The summed E-state index contributed by atoms with van der Waals surface area (Å²) in [7, 11) is -0.999. The number of hydrogen-bond donors (Lipinski definition) is 0. The first-order valence-corrected chi connectivity index (χ1v) is 7.05. The van der Waals surface area contributed by atoms with Crippen molar-refractivity contribution in [3.63, 3.8) is 0 Å². The predicted molar refractivity (Wildman–Crippen MR) is 71.4 cm³/mol. The maximum atomic E-state index is 12.0. The second-order valence-electron chi connectivity index (χ2n) is 5.20. The molecule has 92 valence electrons. The Morgan fingerprint density at radius 1 is 1.24 bits per heavy atom. The van der Waals surface area contributed by atoms with Gasteiger partial charge in [0.2, 0.25) is 0 Å². The summed E-state index contributed by atoms with van der Waals surface area (Å²) in [6.07, 6.45) is 1.79. The van der Waals surface area contributed by atoms with E-state index in [0.717, 1.165) is 24.4 Å². The van der Waals surface area contributed by atoms with E-state index in [-0.39, 0.29) is 4.75 Å². The summed E-state index contributed by atoms with van der Waals surface area (Å²) < 4.78 is 17.5. The highest BCUT2D eigenvalue weighted by Crippen LogP contribution is 2.29.